The summed E-state index contributed by atoms with van der Waals surface area (Å²) in [7, 11) is -2.54. The lowest BCUT2D eigenvalue weighted by Gasteiger charge is -2.39. The van der Waals surface area contributed by atoms with Gasteiger partial charge in [0.1, 0.15) is 0 Å². The lowest BCUT2D eigenvalue weighted by Crippen LogP contribution is -2.50. The lowest BCUT2D eigenvalue weighted by atomic mass is 9.64. The second kappa shape index (κ2) is 6.30. The van der Waals surface area contributed by atoms with Gasteiger partial charge in [-0.15, -0.1) is 0 Å². The molecule has 0 radical (unpaired) electrons. The van der Waals surface area contributed by atoms with E-state index in [2.05, 4.69) is 20.8 Å². The fourth-order valence-electron chi connectivity index (χ4n) is 7.57. The van der Waals surface area contributed by atoms with Gasteiger partial charge in [0.2, 0.25) is 0 Å². The van der Waals surface area contributed by atoms with Crippen molar-refractivity contribution in [3.63, 3.8) is 0 Å². The van der Waals surface area contributed by atoms with Crippen LogP contribution in [0.2, 0.25) is 5.54 Å². The molecule has 0 amide bonds. The SMILES string of the molecule is CCO[Si](OCC)(OCC)C1CC2C3CC(C4CC5OC5CC43)C2C1. The molecule has 0 aromatic rings. The summed E-state index contributed by atoms with van der Waals surface area (Å²) in [6.45, 7) is 8.37. The van der Waals surface area contributed by atoms with Crippen molar-refractivity contribution in [2.75, 3.05) is 19.8 Å². The smallest absolute Gasteiger partial charge is 0.374 e. The first-order chi connectivity index (χ1) is 12.2. The van der Waals surface area contributed by atoms with Gasteiger partial charge in [0, 0.05) is 25.4 Å². The van der Waals surface area contributed by atoms with E-state index < -0.39 is 8.80 Å². The van der Waals surface area contributed by atoms with Crippen molar-refractivity contribution in [1.82, 2.24) is 0 Å². The highest BCUT2D eigenvalue weighted by atomic mass is 28.4. The molecule has 1 heterocycles. The Hall–Kier alpha value is 0.0569. The van der Waals surface area contributed by atoms with E-state index >= 15 is 0 Å². The maximum absolute atomic E-state index is 6.27. The van der Waals surface area contributed by atoms with Gasteiger partial charge in [-0.05, 0) is 88.4 Å². The molecular weight excluding hydrogens is 332 g/mol. The molecule has 25 heavy (non-hydrogen) atoms. The van der Waals surface area contributed by atoms with Crippen LogP contribution in [0.4, 0.5) is 0 Å². The largest absolute Gasteiger partial charge is 0.504 e. The minimum absolute atomic E-state index is 0.526. The van der Waals surface area contributed by atoms with E-state index in [0.29, 0.717) is 37.6 Å². The molecule has 142 valence electrons. The Kier molecular flexibility index (Phi) is 4.33. The maximum Gasteiger partial charge on any atom is 0.504 e. The molecule has 4 aliphatic carbocycles. The van der Waals surface area contributed by atoms with E-state index in [1.54, 1.807) is 0 Å². The van der Waals surface area contributed by atoms with Gasteiger partial charge >= 0.3 is 8.80 Å². The van der Waals surface area contributed by atoms with Crippen molar-refractivity contribution in [2.24, 2.45) is 35.5 Å². The number of rotatable bonds is 7. The van der Waals surface area contributed by atoms with Gasteiger partial charge in [0.05, 0.1) is 12.2 Å². The summed E-state index contributed by atoms with van der Waals surface area (Å²) in [6, 6.07) is 0. The molecule has 1 aliphatic heterocycles. The highest BCUT2D eigenvalue weighted by Crippen LogP contribution is 2.70. The van der Waals surface area contributed by atoms with E-state index in [9.17, 15) is 0 Å². The van der Waals surface area contributed by atoms with Gasteiger partial charge in [-0.1, -0.05) is 0 Å². The lowest BCUT2D eigenvalue weighted by molar-refractivity contribution is 0.0599. The molecule has 5 rings (SSSR count). The number of epoxide rings is 1. The van der Waals surface area contributed by atoms with Crippen LogP contribution in [-0.4, -0.2) is 40.8 Å². The molecule has 0 N–H and O–H groups in total. The quantitative estimate of drug-likeness (QED) is 0.506. The summed E-state index contributed by atoms with van der Waals surface area (Å²) in [5, 5.41) is 0. The van der Waals surface area contributed by atoms with E-state index in [1.165, 1.54) is 32.1 Å². The fraction of sp³-hybridized carbons (Fsp3) is 1.00. The monoisotopic (exact) mass is 366 g/mol. The minimum Gasteiger partial charge on any atom is -0.374 e. The van der Waals surface area contributed by atoms with Crippen LogP contribution >= 0.6 is 0 Å². The van der Waals surface area contributed by atoms with E-state index in [1.807, 2.05) is 0 Å². The Morgan fingerprint density at radius 1 is 0.640 bits per heavy atom. The van der Waals surface area contributed by atoms with Crippen LogP contribution in [0.15, 0.2) is 0 Å². The van der Waals surface area contributed by atoms with Crippen molar-refractivity contribution < 1.29 is 18.0 Å². The summed E-state index contributed by atoms with van der Waals surface area (Å²) < 4.78 is 24.7. The van der Waals surface area contributed by atoms with Crippen LogP contribution in [0, 0.1) is 35.5 Å². The Morgan fingerprint density at radius 3 is 1.48 bits per heavy atom. The normalized spacial score (nSPS) is 49.8. The molecule has 0 spiro atoms. The Morgan fingerprint density at radius 2 is 1.04 bits per heavy atom. The molecule has 2 bridgehead atoms. The van der Waals surface area contributed by atoms with E-state index in [-0.39, 0.29) is 0 Å². The molecule has 5 aliphatic rings. The zero-order valence-electron chi connectivity index (χ0n) is 16.0. The summed E-state index contributed by atoms with van der Waals surface area (Å²) in [5.74, 6) is 5.62. The highest BCUT2D eigenvalue weighted by molar-refractivity contribution is 6.62. The standard InChI is InChI=1S/C20H34O4Si/c1-4-21-25(22-5-2,23-6-3)12-7-13-14(8-12)16-9-15(13)17-10-19-20(24-19)11-18(16)17/h12-20H,4-11H2,1-3H3. The van der Waals surface area contributed by atoms with Crippen LogP contribution in [0.5, 0.6) is 0 Å². The van der Waals surface area contributed by atoms with Crippen LogP contribution in [0.3, 0.4) is 0 Å². The molecule has 8 unspecified atom stereocenters. The van der Waals surface area contributed by atoms with Gasteiger partial charge in [0.25, 0.3) is 0 Å². The van der Waals surface area contributed by atoms with Crippen molar-refractivity contribution in [2.45, 2.75) is 70.6 Å². The predicted molar refractivity (Wildman–Crippen MR) is 97.1 cm³/mol. The number of ether oxygens (including phenoxy) is 1. The Bertz CT molecular complexity index is 467. The maximum atomic E-state index is 6.27. The third kappa shape index (κ3) is 2.53. The van der Waals surface area contributed by atoms with Crippen molar-refractivity contribution in [3.8, 4) is 0 Å². The second-order valence-corrected chi connectivity index (χ2v) is 11.9. The van der Waals surface area contributed by atoms with E-state index in [0.717, 1.165) is 35.5 Å². The van der Waals surface area contributed by atoms with Crippen LogP contribution in [-0.2, 0) is 18.0 Å². The van der Waals surface area contributed by atoms with Crippen molar-refractivity contribution >= 4 is 8.80 Å². The average molecular weight is 367 g/mol. The van der Waals surface area contributed by atoms with E-state index in [4.69, 9.17) is 18.0 Å². The average Bonchev–Trinajstić information content (AvgIpc) is 2.92. The van der Waals surface area contributed by atoms with Gasteiger partial charge in [-0.3, -0.25) is 0 Å². The number of fused-ring (bicyclic) bond motifs is 9. The first kappa shape index (κ1) is 17.2. The molecule has 4 saturated carbocycles. The summed E-state index contributed by atoms with van der Waals surface area (Å²) in [4.78, 5) is 0. The Balaban J connectivity index is 1.35. The summed E-state index contributed by atoms with van der Waals surface area (Å²) in [5.41, 5.74) is 0.526. The van der Waals surface area contributed by atoms with Crippen molar-refractivity contribution in [1.29, 1.82) is 0 Å². The van der Waals surface area contributed by atoms with Gasteiger partial charge in [-0.2, -0.15) is 0 Å². The fourth-order valence-corrected chi connectivity index (χ4v) is 10.9. The predicted octanol–water partition coefficient (Wildman–Crippen LogP) is 3.87. The molecule has 5 heteroatoms. The minimum atomic E-state index is -2.54. The van der Waals surface area contributed by atoms with Gasteiger partial charge in [-0.25, -0.2) is 0 Å². The third-order valence-corrected chi connectivity index (χ3v) is 11.7. The second-order valence-electron chi connectivity index (χ2n) is 8.97. The first-order valence-electron chi connectivity index (χ1n) is 10.8. The Labute approximate surface area is 153 Å². The molecule has 5 fully saturated rings. The highest BCUT2D eigenvalue weighted by Gasteiger charge is 2.67. The van der Waals surface area contributed by atoms with Crippen LogP contribution in [0.25, 0.3) is 0 Å². The summed E-state index contributed by atoms with van der Waals surface area (Å²) >= 11 is 0. The first-order valence-corrected chi connectivity index (χ1v) is 12.6. The van der Waals surface area contributed by atoms with Gasteiger partial charge < -0.3 is 18.0 Å². The number of hydrogen-bond donors (Lipinski definition) is 0. The van der Waals surface area contributed by atoms with Crippen molar-refractivity contribution in [3.05, 3.63) is 0 Å². The topological polar surface area (TPSA) is 40.2 Å². The molecule has 0 aromatic heterocycles. The van der Waals surface area contributed by atoms with Gasteiger partial charge in [0.15, 0.2) is 0 Å². The third-order valence-electron chi connectivity index (χ3n) is 8.19. The zero-order chi connectivity index (χ0) is 17.2. The molecule has 1 saturated heterocycles. The summed E-state index contributed by atoms with van der Waals surface area (Å²) in [6.07, 6.45) is 8.04. The molecule has 8 atom stereocenters. The zero-order valence-corrected chi connectivity index (χ0v) is 17.0. The van der Waals surface area contributed by atoms with Crippen LogP contribution in [0.1, 0.15) is 52.9 Å². The van der Waals surface area contributed by atoms with Crippen LogP contribution < -0.4 is 0 Å². The number of hydrogen-bond acceptors (Lipinski definition) is 4. The molecule has 4 nitrogen and oxygen atoms in total. The molecule has 0 aromatic carbocycles. The molecular formula is C20H34O4Si.